The molecule has 1 heterocycles. The lowest BCUT2D eigenvalue weighted by Gasteiger charge is -2.20. The molecule has 0 fully saturated rings. The van der Waals surface area contributed by atoms with Crippen LogP contribution in [0.25, 0.3) is 11.0 Å². The van der Waals surface area contributed by atoms with Gasteiger partial charge in [0.2, 0.25) is 0 Å². The average molecular weight is 245 g/mol. The first-order valence-electron chi connectivity index (χ1n) is 6.17. The van der Waals surface area contributed by atoms with Gasteiger partial charge >= 0.3 is 0 Å². The number of ether oxygens (including phenoxy) is 1. The van der Waals surface area contributed by atoms with Gasteiger partial charge in [-0.25, -0.2) is 0 Å². The molecule has 2 unspecified atom stereocenters. The van der Waals surface area contributed by atoms with Crippen LogP contribution < -0.4 is 5.73 Å². The van der Waals surface area contributed by atoms with Crippen LogP contribution in [0.2, 0.25) is 0 Å². The summed E-state index contributed by atoms with van der Waals surface area (Å²) in [6.45, 7) is 2.88. The molecule has 2 atom stereocenters. The molecular formula is C14H19N3O. The molecule has 0 aliphatic carbocycles. The van der Waals surface area contributed by atoms with E-state index in [-0.39, 0.29) is 6.04 Å². The number of benzene rings is 1. The highest BCUT2D eigenvalue weighted by Gasteiger charge is 2.15. The number of hydrogen-bond acceptors (Lipinski definition) is 4. The summed E-state index contributed by atoms with van der Waals surface area (Å²) in [5, 5.41) is 0. The van der Waals surface area contributed by atoms with E-state index in [9.17, 15) is 0 Å². The normalized spacial score (nSPS) is 14.6. The fourth-order valence-electron chi connectivity index (χ4n) is 2.00. The van der Waals surface area contributed by atoms with Crippen LogP contribution >= 0.6 is 0 Å². The zero-order chi connectivity index (χ0) is 13.0. The summed E-state index contributed by atoms with van der Waals surface area (Å²) in [7, 11) is 1.71. The van der Waals surface area contributed by atoms with E-state index in [1.165, 1.54) is 0 Å². The topological polar surface area (TPSA) is 61.0 Å². The molecule has 96 valence electrons. The third kappa shape index (κ3) is 2.83. The molecular weight excluding hydrogens is 226 g/mol. The number of fused-ring (bicyclic) bond motifs is 1. The zero-order valence-electron chi connectivity index (χ0n) is 10.8. The number of nitrogens with two attached hydrogens (primary N) is 1. The summed E-state index contributed by atoms with van der Waals surface area (Å²) >= 11 is 0. The number of aromatic nitrogens is 2. The van der Waals surface area contributed by atoms with Gasteiger partial charge in [-0.15, -0.1) is 0 Å². The van der Waals surface area contributed by atoms with Crippen molar-refractivity contribution in [3.05, 3.63) is 36.2 Å². The minimum atomic E-state index is 0.00607. The van der Waals surface area contributed by atoms with Crippen LogP contribution in [-0.4, -0.2) is 23.7 Å². The number of methoxy groups -OCH3 is 1. The number of rotatable bonds is 5. The smallest absolute Gasteiger partial charge is 0.0890 e. The Labute approximate surface area is 107 Å². The molecule has 0 radical (unpaired) electrons. The maximum Gasteiger partial charge on any atom is 0.0890 e. The van der Waals surface area contributed by atoms with Gasteiger partial charge in [-0.3, -0.25) is 9.97 Å². The van der Waals surface area contributed by atoms with E-state index in [4.69, 9.17) is 10.5 Å². The Hall–Kier alpha value is -1.52. The molecule has 4 heteroatoms. The third-order valence-corrected chi connectivity index (χ3v) is 3.27. The predicted molar refractivity (Wildman–Crippen MR) is 72.1 cm³/mol. The first-order valence-corrected chi connectivity index (χ1v) is 6.17. The van der Waals surface area contributed by atoms with E-state index in [1.54, 1.807) is 19.5 Å². The first-order chi connectivity index (χ1) is 8.72. The van der Waals surface area contributed by atoms with Crippen LogP contribution in [0.4, 0.5) is 0 Å². The SMILES string of the molecule is COCCC(C)C(N)c1ccc2nccnc2c1. The van der Waals surface area contributed by atoms with Crippen LogP contribution in [0.3, 0.4) is 0 Å². The lowest BCUT2D eigenvalue weighted by molar-refractivity contribution is 0.174. The van der Waals surface area contributed by atoms with Crippen LogP contribution in [0, 0.1) is 5.92 Å². The van der Waals surface area contributed by atoms with Crippen molar-refractivity contribution in [3.8, 4) is 0 Å². The summed E-state index contributed by atoms with van der Waals surface area (Å²) in [5.74, 6) is 0.374. The van der Waals surface area contributed by atoms with E-state index in [1.807, 2.05) is 18.2 Å². The van der Waals surface area contributed by atoms with Crippen molar-refractivity contribution in [2.75, 3.05) is 13.7 Å². The van der Waals surface area contributed by atoms with E-state index in [2.05, 4.69) is 16.9 Å². The molecule has 2 aromatic rings. The Morgan fingerprint density at radius 2 is 1.94 bits per heavy atom. The van der Waals surface area contributed by atoms with Gasteiger partial charge in [0.15, 0.2) is 0 Å². The van der Waals surface area contributed by atoms with Gasteiger partial charge in [0.05, 0.1) is 11.0 Å². The van der Waals surface area contributed by atoms with E-state index >= 15 is 0 Å². The van der Waals surface area contributed by atoms with E-state index in [0.29, 0.717) is 5.92 Å². The third-order valence-electron chi connectivity index (χ3n) is 3.27. The molecule has 2 rings (SSSR count). The Balaban J connectivity index is 2.19. The summed E-state index contributed by atoms with van der Waals surface area (Å²) in [6, 6.07) is 6.04. The summed E-state index contributed by atoms with van der Waals surface area (Å²) in [6.07, 6.45) is 4.35. The second-order valence-corrected chi connectivity index (χ2v) is 4.59. The maximum absolute atomic E-state index is 6.27. The van der Waals surface area contributed by atoms with Crippen molar-refractivity contribution in [1.82, 2.24) is 9.97 Å². The minimum Gasteiger partial charge on any atom is -0.385 e. The largest absolute Gasteiger partial charge is 0.385 e. The highest BCUT2D eigenvalue weighted by molar-refractivity contribution is 5.74. The van der Waals surface area contributed by atoms with Gasteiger partial charge < -0.3 is 10.5 Å². The first kappa shape index (κ1) is 12.9. The monoisotopic (exact) mass is 245 g/mol. The fraction of sp³-hybridized carbons (Fsp3) is 0.429. The van der Waals surface area contributed by atoms with Crippen molar-refractivity contribution in [2.45, 2.75) is 19.4 Å². The molecule has 1 aromatic heterocycles. The van der Waals surface area contributed by atoms with Gasteiger partial charge in [-0.1, -0.05) is 13.0 Å². The van der Waals surface area contributed by atoms with Crippen LogP contribution in [0.15, 0.2) is 30.6 Å². The standard InChI is InChI=1S/C14H19N3O/c1-10(5-8-18-2)14(15)11-3-4-12-13(9-11)17-7-6-16-12/h3-4,6-7,9-10,14H,5,8,15H2,1-2H3. The number of nitrogens with zero attached hydrogens (tertiary/aromatic N) is 2. The molecule has 0 aliphatic heterocycles. The minimum absolute atomic E-state index is 0.00607. The summed E-state index contributed by atoms with van der Waals surface area (Å²) < 4.78 is 5.09. The Morgan fingerprint density at radius 1 is 1.22 bits per heavy atom. The van der Waals surface area contributed by atoms with Crippen molar-refractivity contribution >= 4 is 11.0 Å². The molecule has 0 saturated heterocycles. The molecule has 18 heavy (non-hydrogen) atoms. The van der Waals surface area contributed by atoms with Gasteiger partial charge in [-0.2, -0.15) is 0 Å². The summed E-state index contributed by atoms with van der Waals surface area (Å²) in [4.78, 5) is 8.56. The lowest BCUT2D eigenvalue weighted by atomic mass is 9.93. The van der Waals surface area contributed by atoms with E-state index in [0.717, 1.165) is 29.6 Å². The molecule has 0 saturated carbocycles. The van der Waals surface area contributed by atoms with Crippen LogP contribution in [0.1, 0.15) is 24.9 Å². The molecule has 0 aliphatic rings. The highest BCUT2D eigenvalue weighted by Crippen LogP contribution is 2.24. The van der Waals surface area contributed by atoms with Gasteiger partial charge in [0.1, 0.15) is 0 Å². The van der Waals surface area contributed by atoms with Crippen molar-refractivity contribution < 1.29 is 4.74 Å². The van der Waals surface area contributed by atoms with Crippen molar-refractivity contribution in [3.63, 3.8) is 0 Å². The molecule has 2 N–H and O–H groups in total. The average Bonchev–Trinajstić information content (AvgIpc) is 2.43. The van der Waals surface area contributed by atoms with Gasteiger partial charge in [-0.05, 0) is 30.0 Å². The molecule has 0 spiro atoms. The Morgan fingerprint density at radius 3 is 2.67 bits per heavy atom. The zero-order valence-corrected chi connectivity index (χ0v) is 10.8. The maximum atomic E-state index is 6.27. The van der Waals surface area contributed by atoms with Crippen molar-refractivity contribution in [1.29, 1.82) is 0 Å². The molecule has 1 aromatic carbocycles. The van der Waals surface area contributed by atoms with Crippen molar-refractivity contribution in [2.24, 2.45) is 11.7 Å². The van der Waals surface area contributed by atoms with Gasteiger partial charge in [0, 0.05) is 32.2 Å². The molecule has 4 nitrogen and oxygen atoms in total. The molecule has 0 amide bonds. The quantitative estimate of drug-likeness (QED) is 0.878. The second-order valence-electron chi connectivity index (χ2n) is 4.59. The predicted octanol–water partition coefficient (Wildman–Crippen LogP) is 2.30. The van der Waals surface area contributed by atoms with Crippen LogP contribution in [0.5, 0.6) is 0 Å². The lowest BCUT2D eigenvalue weighted by Crippen LogP contribution is -2.20. The fourth-order valence-corrected chi connectivity index (χ4v) is 2.00. The van der Waals surface area contributed by atoms with E-state index < -0.39 is 0 Å². The highest BCUT2D eigenvalue weighted by atomic mass is 16.5. The van der Waals surface area contributed by atoms with Gasteiger partial charge in [0.25, 0.3) is 0 Å². The number of hydrogen-bond donors (Lipinski definition) is 1. The van der Waals surface area contributed by atoms with Crippen LogP contribution in [-0.2, 0) is 4.74 Å². The Kier molecular flexibility index (Phi) is 4.23. The molecule has 0 bridgehead atoms. The summed E-state index contributed by atoms with van der Waals surface area (Å²) in [5.41, 5.74) is 9.16. The second kappa shape index (κ2) is 5.89. The Bertz CT molecular complexity index is 515.